The normalized spacial score (nSPS) is 39.7. The quantitative estimate of drug-likeness (QED) is 0.630. The summed E-state index contributed by atoms with van der Waals surface area (Å²) < 4.78 is 5.46. The summed E-state index contributed by atoms with van der Waals surface area (Å²) in [7, 11) is 3.41. The van der Waals surface area contributed by atoms with E-state index in [2.05, 4.69) is 0 Å². The lowest BCUT2D eigenvalue weighted by molar-refractivity contribution is -0.172. The first-order valence-electron chi connectivity index (χ1n) is 5.64. The summed E-state index contributed by atoms with van der Waals surface area (Å²) >= 11 is 0. The van der Waals surface area contributed by atoms with Crippen molar-refractivity contribution in [2.24, 2.45) is 10.8 Å². The molecule has 0 radical (unpaired) electrons. The van der Waals surface area contributed by atoms with Gasteiger partial charge >= 0.3 is 5.97 Å². The Balaban J connectivity index is 2.52. The molecule has 1 aliphatic heterocycles. The van der Waals surface area contributed by atoms with Crippen LogP contribution in [0.1, 0.15) is 33.6 Å². The van der Waals surface area contributed by atoms with Gasteiger partial charge in [-0.15, -0.1) is 0 Å². The van der Waals surface area contributed by atoms with Gasteiger partial charge in [0.05, 0.1) is 5.41 Å². The topological polar surface area (TPSA) is 46.6 Å². The summed E-state index contributed by atoms with van der Waals surface area (Å²) in [5.74, 6) is -0.314. The monoisotopic (exact) mass is 225 g/mol. The molecule has 1 heterocycles. The van der Waals surface area contributed by atoms with Gasteiger partial charge in [0.25, 0.3) is 5.91 Å². The Bertz CT molecular complexity index is 374. The number of hydrogen-bond donors (Lipinski definition) is 0. The summed E-state index contributed by atoms with van der Waals surface area (Å²) in [5.41, 5.74) is -1.89. The lowest BCUT2D eigenvalue weighted by atomic mass is 9.66. The highest BCUT2D eigenvalue weighted by Crippen LogP contribution is 2.65. The first-order valence-corrected chi connectivity index (χ1v) is 5.64. The van der Waals surface area contributed by atoms with Crippen molar-refractivity contribution in [2.45, 2.75) is 39.2 Å². The Labute approximate surface area is 95.9 Å². The van der Waals surface area contributed by atoms with E-state index in [9.17, 15) is 9.59 Å². The summed E-state index contributed by atoms with van der Waals surface area (Å²) in [6.07, 6.45) is 1.37. The maximum atomic E-state index is 12.3. The number of ether oxygens (including phenoxy) is 1. The Morgan fingerprint density at radius 1 is 1.25 bits per heavy atom. The molecule has 0 aromatic rings. The molecule has 0 N–H and O–H groups in total. The van der Waals surface area contributed by atoms with E-state index in [0.717, 1.165) is 6.42 Å². The Hall–Kier alpha value is -1.06. The summed E-state index contributed by atoms with van der Waals surface area (Å²) in [5, 5.41) is 0. The first kappa shape index (κ1) is 11.4. The van der Waals surface area contributed by atoms with Crippen molar-refractivity contribution in [3.63, 3.8) is 0 Å². The molecule has 4 nitrogen and oxygen atoms in total. The van der Waals surface area contributed by atoms with Crippen LogP contribution in [0.4, 0.5) is 0 Å². The van der Waals surface area contributed by atoms with Crippen molar-refractivity contribution in [3.05, 3.63) is 0 Å². The second kappa shape index (κ2) is 2.79. The van der Waals surface area contributed by atoms with Crippen LogP contribution in [0.2, 0.25) is 0 Å². The second-order valence-corrected chi connectivity index (χ2v) is 5.87. The Morgan fingerprint density at radius 3 is 2.12 bits per heavy atom. The summed E-state index contributed by atoms with van der Waals surface area (Å²) in [6.45, 7) is 5.84. The van der Waals surface area contributed by atoms with E-state index < -0.39 is 16.4 Å². The molecule has 90 valence electrons. The zero-order valence-corrected chi connectivity index (χ0v) is 10.6. The Kier molecular flexibility index (Phi) is 1.99. The maximum absolute atomic E-state index is 12.3. The highest BCUT2D eigenvalue weighted by Gasteiger charge is 2.75. The van der Waals surface area contributed by atoms with Crippen LogP contribution in [0.5, 0.6) is 0 Å². The minimum absolute atomic E-state index is 0.0907. The van der Waals surface area contributed by atoms with E-state index in [-0.39, 0.29) is 11.9 Å². The molecule has 2 aliphatic rings. The average molecular weight is 225 g/mol. The van der Waals surface area contributed by atoms with Crippen molar-refractivity contribution < 1.29 is 14.3 Å². The SMILES string of the molecule is CN(C)C(=O)C12CCC(C)(C(=O)O1)C2(C)C. The van der Waals surface area contributed by atoms with Crippen LogP contribution in [0.15, 0.2) is 0 Å². The molecule has 1 saturated heterocycles. The van der Waals surface area contributed by atoms with Gasteiger partial charge in [-0.2, -0.15) is 0 Å². The van der Waals surface area contributed by atoms with Gasteiger partial charge in [-0.05, 0) is 19.8 Å². The van der Waals surface area contributed by atoms with Gasteiger partial charge in [0, 0.05) is 19.5 Å². The van der Waals surface area contributed by atoms with E-state index in [1.165, 1.54) is 4.90 Å². The molecule has 1 amide bonds. The van der Waals surface area contributed by atoms with Crippen molar-refractivity contribution in [1.82, 2.24) is 4.90 Å². The number of carbonyl (C=O) groups excluding carboxylic acids is 2. The maximum Gasteiger partial charge on any atom is 0.313 e. The number of amides is 1. The smallest absolute Gasteiger partial charge is 0.313 e. The van der Waals surface area contributed by atoms with Gasteiger partial charge < -0.3 is 9.64 Å². The predicted octanol–water partition coefficient (Wildman–Crippen LogP) is 1.20. The van der Waals surface area contributed by atoms with Crippen LogP contribution in [0, 0.1) is 10.8 Å². The van der Waals surface area contributed by atoms with E-state index in [1.54, 1.807) is 14.1 Å². The minimum atomic E-state index is -0.942. The molecular formula is C12H19NO3. The molecule has 16 heavy (non-hydrogen) atoms. The molecule has 4 heteroatoms. The molecule has 0 spiro atoms. The summed E-state index contributed by atoms with van der Waals surface area (Å²) in [4.78, 5) is 25.7. The number of hydrogen-bond acceptors (Lipinski definition) is 3. The zero-order valence-electron chi connectivity index (χ0n) is 10.6. The fraction of sp³-hybridized carbons (Fsp3) is 0.833. The average Bonchev–Trinajstić information content (AvgIpc) is 2.46. The van der Waals surface area contributed by atoms with Crippen molar-refractivity contribution in [2.75, 3.05) is 14.1 Å². The number of esters is 1. The van der Waals surface area contributed by atoms with E-state index in [0.29, 0.717) is 6.42 Å². The molecule has 0 aromatic heterocycles. The zero-order chi connectivity index (χ0) is 12.4. The molecule has 2 bridgehead atoms. The van der Waals surface area contributed by atoms with Crippen LogP contribution in [-0.2, 0) is 14.3 Å². The fourth-order valence-electron chi connectivity index (χ4n) is 3.08. The number of fused-ring (bicyclic) bond motifs is 2. The second-order valence-electron chi connectivity index (χ2n) is 5.87. The fourth-order valence-corrected chi connectivity index (χ4v) is 3.08. The summed E-state index contributed by atoms with van der Waals surface area (Å²) in [6, 6.07) is 0. The number of nitrogens with zero attached hydrogens (tertiary/aromatic N) is 1. The molecular weight excluding hydrogens is 206 g/mol. The minimum Gasteiger partial charge on any atom is -0.448 e. The highest BCUT2D eigenvalue weighted by molar-refractivity contribution is 5.96. The van der Waals surface area contributed by atoms with Gasteiger partial charge in [0.15, 0.2) is 5.60 Å². The van der Waals surface area contributed by atoms with Crippen LogP contribution in [0.3, 0.4) is 0 Å². The third kappa shape index (κ3) is 0.913. The molecule has 2 atom stereocenters. The molecule has 2 rings (SSSR count). The van der Waals surface area contributed by atoms with Crippen LogP contribution in [0.25, 0.3) is 0 Å². The molecule has 1 aliphatic carbocycles. The van der Waals surface area contributed by atoms with Gasteiger partial charge in [-0.3, -0.25) is 9.59 Å². The first-order chi connectivity index (χ1) is 7.19. The van der Waals surface area contributed by atoms with Gasteiger partial charge in [0.1, 0.15) is 0 Å². The predicted molar refractivity (Wildman–Crippen MR) is 58.6 cm³/mol. The standard InChI is InChI=1S/C12H19NO3/c1-10(2)11(3)6-7-12(10,16-9(11)15)8(14)13(4)5/h6-7H2,1-5H3. The van der Waals surface area contributed by atoms with E-state index in [1.807, 2.05) is 20.8 Å². The number of likely N-dealkylation sites (N-methyl/N-ethyl adjacent to an activating group) is 1. The molecule has 2 fully saturated rings. The van der Waals surface area contributed by atoms with Gasteiger partial charge in [-0.1, -0.05) is 13.8 Å². The van der Waals surface area contributed by atoms with Crippen LogP contribution < -0.4 is 0 Å². The van der Waals surface area contributed by atoms with Gasteiger partial charge in [0.2, 0.25) is 0 Å². The van der Waals surface area contributed by atoms with Crippen molar-refractivity contribution in [1.29, 1.82) is 0 Å². The van der Waals surface area contributed by atoms with E-state index in [4.69, 9.17) is 4.74 Å². The van der Waals surface area contributed by atoms with Crippen molar-refractivity contribution >= 4 is 11.9 Å². The van der Waals surface area contributed by atoms with E-state index >= 15 is 0 Å². The number of carbonyl (C=O) groups is 2. The molecule has 1 saturated carbocycles. The Morgan fingerprint density at radius 2 is 1.81 bits per heavy atom. The largest absolute Gasteiger partial charge is 0.448 e. The van der Waals surface area contributed by atoms with Crippen molar-refractivity contribution in [3.8, 4) is 0 Å². The van der Waals surface area contributed by atoms with Crippen LogP contribution >= 0.6 is 0 Å². The molecule has 0 aromatic carbocycles. The third-order valence-electron chi connectivity index (χ3n) is 4.84. The third-order valence-corrected chi connectivity index (χ3v) is 4.84. The lowest BCUT2D eigenvalue weighted by Crippen LogP contribution is -2.52. The molecule has 2 unspecified atom stereocenters. The van der Waals surface area contributed by atoms with Gasteiger partial charge in [-0.25, -0.2) is 0 Å². The highest BCUT2D eigenvalue weighted by atomic mass is 16.6. The lowest BCUT2D eigenvalue weighted by Gasteiger charge is -2.36. The van der Waals surface area contributed by atoms with Crippen LogP contribution in [-0.4, -0.2) is 36.5 Å². The number of rotatable bonds is 1.